The van der Waals surface area contributed by atoms with Crippen molar-refractivity contribution in [1.29, 1.82) is 0 Å². The molecule has 0 unspecified atom stereocenters. The van der Waals surface area contributed by atoms with E-state index in [2.05, 4.69) is 5.32 Å². The van der Waals surface area contributed by atoms with E-state index < -0.39 is 23.7 Å². The van der Waals surface area contributed by atoms with E-state index in [4.69, 9.17) is 9.15 Å². The number of ether oxygens (including phenoxy) is 1. The standard InChI is InChI=1S/C24H20FNO4/c1-14(2)22(26-23(27)17-8-3-5-9-19(17)25)24(28)29-15-11-12-21-18(13-15)16-7-4-6-10-20(16)30-21/h3-14,22H,1-2H3,(H,26,27)/t22-/m0/s1. The first-order valence-electron chi connectivity index (χ1n) is 9.62. The van der Waals surface area contributed by atoms with E-state index >= 15 is 0 Å². The van der Waals surface area contributed by atoms with Gasteiger partial charge in [-0.25, -0.2) is 9.18 Å². The highest BCUT2D eigenvalue weighted by atomic mass is 19.1. The van der Waals surface area contributed by atoms with Gasteiger partial charge in [-0.05, 0) is 42.3 Å². The molecule has 1 aromatic heterocycles. The Labute approximate surface area is 172 Å². The molecule has 0 saturated heterocycles. The Kier molecular flexibility index (Phi) is 5.23. The van der Waals surface area contributed by atoms with E-state index in [0.29, 0.717) is 11.3 Å². The molecule has 0 aliphatic heterocycles. The summed E-state index contributed by atoms with van der Waals surface area (Å²) < 4.78 is 25.2. The SMILES string of the molecule is CC(C)[C@H](NC(=O)c1ccccc1F)C(=O)Oc1ccc2oc3ccccc3c2c1. The first-order chi connectivity index (χ1) is 14.4. The molecule has 0 saturated carbocycles. The van der Waals surface area contributed by atoms with Gasteiger partial charge in [0.2, 0.25) is 0 Å². The largest absolute Gasteiger partial charge is 0.456 e. The molecule has 1 N–H and O–H groups in total. The molecule has 4 aromatic rings. The number of carbonyl (C=O) groups is 2. The molecular formula is C24H20FNO4. The number of carbonyl (C=O) groups excluding carboxylic acids is 2. The van der Waals surface area contributed by atoms with Gasteiger partial charge in [0.15, 0.2) is 0 Å². The number of amides is 1. The van der Waals surface area contributed by atoms with Crippen molar-refractivity contribution in [3.05, 3.63) is 78.1 Å². The number of benzene rings is 3. The molecule has 1 atom stereocenters. The number of furan rings is 1. The number of para-hydroxylation sites is 1. The summed E-state index contributed by atoms with van der Waals surface area (Å²) in [5.41, 5.74) is 1.31. The van der Waals surface area contributed by atoms with Crippen LogP contribution in [0.25, 0.3) is 21.9 Å². The summed E-state index contributed by atoms with van der Waals surface area (Å²) in [5.74, 6) is -1.86. The van der Waals surface area contributed by atoms with Gasteiger partial charge in [0, 0.05) is 10.8 Å². The molecule has 5 nitrogen and oxygen atoms in total. The Bertz CT molecular complexity index is 1240. The quantitative estimate of drug-likeness (QED) is 0.371. The molecule has 0 spiro atoms. The Morgan fingerprint density at radius 3 is 2.40 bits per heavy atom. The second-order valence-electron chi connectivity index (χ2n) is 7.35. The lowest BCUT2D eigenvalue weighted by molar-refractivity contribution is -0.137. The fourth-order valence-electron chi connectivity index (χ4n) is 3.31. The number of hydrogen-bond donors (Lipinski definition) is 1. The molecular weight excluding hydrogens is 385 g/mol. The third kappa shape index (κ3) is 3.76. The van der Waals surface area contributed by atoms with Crippen LogP contribution in [0.15, 0.2) is 71.1 Å². The second-order valence-corrected chi connectivity index (χ2v) is 7.35. The topological polar surface area (TPSA) is 68.5 Å². The van der Waals surface area contributed by atoms with Crippen molar-refractivity contribution in [3.63, 3.8) is 0 Å². The van der Waals surface area contributed by atoms with Crippen LogP contribution in [-0.2, 0) is 4.79 Å². The van der Waals surface area contributed by atoms with Gasteiger partial charge in [0.25, 0.3) is 5.91 Å². The average molecular weight is 405 g/mol. The van der Waals surface area contributed by atoms with Crippen LogP contribution in [0.5, 0.6) is 5.75 Å². The molecule has 0 bridgehead atoms. The minimum atomic E-state index is -0.936. The zero-order valence-electron chi connectivity index (χ0n) is 16.5. The molecule has 0 fully saturated rings. The number of nitrogens with one attached hydrogen (secondary N) is 1. The molecule has 0 radical (unpaired) electrons. The maximum absolute atomic E-state index is 13.9. The van der Waals surface area contributed by atoms with Crippen molar-refractivity contribution in [2.24, 2.45) is 5.92 Å². The molecule has 3 aromatic carbocycles. The Morgan fingerprint density at radius 1 is 0.933 bits per heavy atom. The highest BCUT2D eigenvalue weighted by Crippen LogP contribution is 2.31. The van der Waals surface area contributed by atoms with Crippen molar-refractivity contribution in [1.82, 2.24) is 5.32 Å². The van der Waals surface area contributed by atoms with E-state index in [0.717, 1.165) is 16.4 Å². The second kappa shape index (κ2) is 7.99. The van der Waals surface area contributed by atoms with Crippen molar-refractivity contribution < 1.29 is 23.1 Å². The minimum Gasteiger partial charge on any atom is -0.456 e. The van der Waals surface area contributed by atoms with Crippen LogP contribution in [0.1, 0.15) is 24.2 Å². The number of halogens is 1. The number of fused-ring (bicyclic) bond motifs is 3. The molecule has 0 aliphatic rings. The fraction of sp³-hybridized carbons (Fsp3) is 0.167. The lowest BCUT2D eigenvalue weighted by Crippen LogP contribution is -2.46. The summed E-state index contributed by atoms with van der Waals surface area (Å²) >= 11 is 0. The molecule has 1 heterocycles. The maximum atomic E-state index is 13.9. The van der Waals surface area contributed by atoms with Gasteiger partial charge in [-0.1, -0.05) is 44.2 Å². The molecule has 30 heavy (non-hydrogen) atoms. The maximum Gasteiger partial charge on any atom is 0.334 e. The zero-order valence-corrected chi connectivity index (χ0v) is 16.5. The smallest absolute Gasteiger partial charge is 0.334 e. The number of hydrogen-bond acceptors (Lipinski definition) is 4. The van der Waals surface area contributed by atoms with Crippen LogP contribution in [0, 0.1) is 11.7 Å². The normalized spacial score (nSPS) is 12.3. The molecule has 0 aliphatic carbocycles. The van der Waals surface area contributed by atoms with E-state index in [1.807, 2.05) is 24.3 Å². The zero-order chi connectivity index (χ0) is 21.3. The lowest BCUT2D eigenvalue weighted by atomic mass is 10.0. The summed E-state index contributed by atoms with van der Waals surface area (Å²) in [5, 5.41) is 4.33. The Hall–Kier alpha value is -3.67. The van der Waals surface area contributed by atoms with Gasteiger partial charge in [-0.2, -0.15) is 0 Å². The van der Waals surface area contributed by atoms with Gasteiger partial charge in [0.1, 0.15) is 28.8 Å². The van der Waals surface area contributed by atoms with Crippen LogP contribution in [0.3, 0.4) is 0 Å². The predicted molar refractivity (Wildman–Crippen MR) is 112 cm³/mol. The van der Waals surface area contributed by atoms with Crippen LogP contribution < -0.4 is 10.1 Å². The summed E-state index contributed by atoms with van der Waals surface area (Å²) in [6, 6.07) is 17.4. The van der Waals surface area contributed by atoms with Crippen LogP contribution >= 0.6 is 0 Å². The lowest BCUT2D eigenvalue weighted by Gasteiger charge is -2.21. The Morgan fingerprint density at radius 2 is 1.63 bits per heavy atom. The minimum absolute atomic E-state index is 0.123. The first kappa shape index (κ1) is 19.6. The van der Waals surface area contributed by atoms with E-state index in [1.165, 1.54) is 18.2 Å². The number of esters is 1. The van der Waals surface area contributed by atoms with Gasteiger partial charge < -0.3 is 14.5 Å². The van der Waals surface area contributed by atoms with Crippen molar-refractivity contribution >= 4 is 33.8 Å². The summed E-state index contributed by atoms with van der Waals surface area (Å²) in [6.07, 6.45) is 0. The molecule has 152 valence electrons. The first-order valence-corrected chi connectivity index (χ1v) is 9.62. The fourth-order valence-corrected chi connectivity index (χ4v) is 3.31. The van der Waals surface area contributed by atoms with Crippen molar-refractivity contribution in [2.75, 3.05) is 0 Å². The van der Waals surface area contributed by atoms with E-state index in [9.17, 15) is 14.0 Å². The monoisotopic (exact) mass is 405 g/mol. The number of rotatable bonds is 5. The molecule has 1 amide bonds. The van der Waals surface area contributed by atoms with Gasteiger partial charge >= 0.3 is 5.97 Å². The van der Waals surface area contributed by atoms with E-state index in [1.54, 1.807) is 38.1 Å². The third-order valence-electron chi connectivity index (χ3n) is 4.89. The third-order valence-corrected chi connectivity index (χ3v) is 4.89. The van der Waals surface area contributed by atoms with E-state index in [-0.39, 0.29) is 11.5 Å². The van der Waals surface area contributed by atoms with Crippen LogP contribution in [-0.4, -0.2) is 17.9 Å². The average Bonchev–Trinajstić information content (AvgIpc) is 3.10. The van der Waals surface area contributed by atoms with Gasteiger partial charge in [-0.15, -0.1) is 0 Å². The van der Waals surface area contributed by atoms with Gasteiger partial charge in [-0.3, -0.25) is 4.79 Å². The van der Waals surface area contributed by atoms with Crippen LogP contribution in [0.4, 0.5) is 4.39 Å². The van der Waals surface area contributed by atoms with Crippen molar-refractivity contribution in [3.8, 4) is 5.75 Å². The summed E-state index contributed by atoms with van der Waals surface area (Å²) in [6.45, 7) is 3.56. The molecule has 6 heteroatoms. The summed E-state index contributed by atoms with van der Waals surface area (Å²) in [4.78, 5) is 25.2. The predicted octanol–water partition coefficient (Wildman–Crippen LogP) is 5.09. The highest BCUT2D eigenvalue weighted by molar-refractivity contribution is 6.05. The Balaban J connectivity index is 1.56. The summed E-state index contributed by atoms with van der Waals surface area (Å²) in [7, 11) is 0. The van der Waals surface area contributed by atoms with Crippen LogP contribution in [0.2, 0.25) is 0 Å². The van der Waals surface area contributed by atoms with Gasteiger partial charge in [0.05, 0.1) is 5.56 Å². The highest BCUT2D eigenvalue weighted by Gasteiger charge is 2.27. The van der Waals surface area contributed by atoms with Crippen molar-refractivity contribution in [2.45, 2.75) is 19.9 Å². The molecule has 4 rings (SSSR count).